The molecule has 1 saturated heterocycles. The van der Waals surface area contributed by atoms with E-state index in [0.717, 1.165) is 49.3 Å². The van der Waals surface area contributed by atoms with Crippen molar-refractivity contribution in [2.75, 3.05) is 34.4 Å². The average molecular weight is 437 g/mol. The van der Waals surface area contributed by atoms with E-state index in [0.29, 0.717) is 23.1 Å². The molecule has 4 rings (SSSR count). The second kappa shape index (κ2) is 9.82. The van der Waals surface area contributed by atoms with Crippen LogP contribution in [0.25, 0.3) is 11.4 Å². The molecule has 1 fully saturated rings. The standard InChI is InChI=1S/C24H28N4O4/c1-30-20-10-16(11-21(31-2)23(20)32-3)14-28-9-5-7-18(15-28)19-12-22(29)27-24(26-19)17-6-4-8-25-13-17/h4,6,8,10-13,18H,5,7,9,14-15H2,1-3H3,(H,26,27,29). The van der Waals surface area contributed by atoms with Gasteiger partial charge in [-0.25, -0.2) is 4.98 Å². The SMILES string of the molecule is COc1cc(CN2CCCC(c3cc(=O)[nH]c(-c4cccnc4)n3)C2)cc(OC)c1OC. The lowest BCUT2D eigenvalue weighted by atomic mass is 9.94. The molecule has 0 saturated carbocycles. The number of nitrogens with one attached hydrogen (secondary N) is 1. The summed E-state index contributed by atoms with van der Waals surface area (Å²) in [6.45, 7) is 2.54. The molecule has 8 nitrogen and oxygen atoms in total. The molecule has 1 N–H and O–H groups in total. The van der Waals surface area contributed by atoms with Crippen LogP contribution in [0.3, 0.4) is 0 Å². The van der Waals surface area contributed by atoms with E-state index in [1.54, 1.807) is 39.8 Å². The van der Waals surface area contributed by atoms with E-state index in [9.17, 15) is 4.79 Å². The van der Waals surface area contributed by atoms with Crippen molar-refractivity contribution in [3.05, 3.63) is 64.3 Å². The molecule has 168 valence electrons. The highest BCUT2D eigenvalue weighted by Crippen LogP contribution is 2.39. The van der Waals surface area contributed by atoms with Crippen LogP contribution < -0.4 is 19.8 Å². The predicted octanol–water partition coefficient (Wildman–Crippen LogP) is 3.24. The maximum absolute atomic E-state index is 12.3. The van der Waals surface area contributed by atoms with Gasteiger partial charge in [-0.05, 0) is 49.2 Å². The number of rotatable bonds is 7. The van der Waals surface area contributed by atoms with Gasteiger partial charge in [0.25, 0.3) is 5.56 Å². The number of likely N-dealkylation sites (tertiary alicyclic amines) is 1. The summed E-state index contributed by atoms with van der Waals surface area (Å²) in [6.07, 6.45) is 5.44. The molecule has 0 aliphatic carbocycles. The summed E-state index contributed by atoms with van der Waals surface area (Å²) >= 11 is 0. The number of ether oxygens (including phenoxy) is 3. The Morgan fingerprint density at radius 1 is 1.12 bits per heavy atom. The summed E-state index contributed by atoms with van der Waals surface area (Å²) in [5.74, 6) is 2.62. The number of pyridine rings is 1. The van der Waals surface area contributed by atoms with Crippen LogP contribution in [0.1, 0.15) is 30.0 Å². The van der Waals surface area contributed by atoms with Gasteiger partial charge in [-0.15, -0.1) is 0 Å². The number of hydrogen-bond donors (Lipinski definition) is 1. The molecule has 3 aromatic rings. The largest absolute Gasteiger partial charge is 0.493 e. The van der Waals surface area contributed by atoms with Crippen LogP contribution in [-0.4, -0.2) is 54.3 Å². The molecule has 1 aromatic carbocycles. The first-order valence-electron chi connectivity index (χ1n) is 10.6. The van der Waals surface area contributed by atoms with Crippen molar-refractivity contribution in [1.82, 2.24) is 19.9 Å². The van der Waals surface area contributed by atoms with Gasteiger partial charge in [-0.1, -0.05) is 0 Å². The van der Waals surface area contributed by atoms with Crippen molar-refractivity contribution >= 4 is 0 Å². The molecule has 0 radical (unpaired) electrons. The molecule has 1 atom stereocenters. The molecule has 2 aromatic heterocycles. The number of nitrogens with zero attached hydrogens (tertiary/aromatic N) is 3. The second-order valence-corrected chi connectivity index (χ2v) is 7.87. The zero-order chi connectivity index (χ0) is 22.5. The van der Waals surface area contributed by atoms with E-state index in [-0.39, 0.29) is 11.5 Å². The van der Waals surface area contributed by atoms with Crippen LogP contribution in [-0.2, 0) is 6.54 Å². The number of H-pyrrole nitrogens is 1. The molecule has 3 heterocycles. The van der Waals surface area contributed by atoms with Crippen LogP contribution in [0, 0.1) is 0 Å². The second-order valence-electron chi connectivity index (χ2n) is 7.87. The normalized spacial score (nSPS) is 16.5. The van der Waals surface area contributed by atoms with Crippen molar-refractivity contribution in [1.29, 1.82) is 0 Å². The molecular formula is C24H28N4O4. The number of methoxy groups -OCH3 is 3. The van der Waals surface area contributed by atoms with Crippen LogP contribution in [0.15, 0.2) is 47.5 Å². The van der Waals surface area contributed by atoms with Gasteiger partial charge in [0.15, 0.2) is 11.5 Å². The summed E-state index contributed by atoms with van der Waals surface area (Å²) in [7, 11) is 4.84. The van der Waals surface area contributed by atoms with Crippen LogP contribution in [0.4, 0.5) is 0 Å². The molecule has 0 amide bonds. The molecule has 1 aliphatic rings. The summed E-state index contributed by atoms with van der Waals surface area (Å²) in [4.78, 5) is 26.4. The Balaban J connectivity index is 1.55. The van der Waals surface area contributed by atoms with E-state index >= 15 is 0 Å². The van der Waals surface area contributed by atoms with Crippen molar-refractivity contribution in [2.45, 2.75) is 25.3 Å². The summed E-state index contributed by atoms with van der Waals surface area (Å²) < 4.78 is 16.4. The molecule has 0 spiro atoms. The van der Waals surface area contributed by atoms with E-state index < -0.39 is 0 Å². The van der Waals surface area contributed by atoms with Gasteiger partial charge in [-0.3, -0.25) is 14.7 Å². The Morgan fingerprint density at radius 2 is 1.91 bits per heavy atom. The van der Waals surface area contributed by atoms with E-state index in [4.69, 9.17) is 19.2 Å². The minimum Gasteiger partial charge on any atom is -0.493 e. The summed E-state index contributed by atoms with van der Waals surface area (Å²) in [5.41, 5.74) is 2.56. The molecule has 8 heteroatoms. The third-order valence-corrected chi connectivity index (χ3v) is 5.75. The quantitative estimate of drug-likeness (QED) is 0.608. The molecular weight excluding hydrogens is 408 g/mol. The fraction of sp³-hybridized carbons (Fsp3) is 0.375. The first kappa shape index (κ1) is 21.8. The smallest absolute Gasteiger partial charge is 0.251 e. The fourth-order valence-electron chi connectivity index (χ4n) is 4.25. The Bertz CT molecular complexity index is 1090. The van der Waals surface area contributed by atoms with Gasteiger partial charge in [0, 0.05) is 43.0 Å². The molecule has 0 bridgehead atoms. The molecule has 1 unspecified atom stereocenters. The van der Waals surface area contributed by atoms with Crippen molar-refractivity contribution < 1.29 is 14.2 Å². The van der Waals surface area contributed by atoms with Gasteiger partial charge in [0.05, 0.1) is 27.0 Å². The highest BCUT2D eigenvalue weighted by Gasteiger charge is 2.24. The number of aromatic nitrogens is 3. The van der Waals surface area contributed by atoms with Gasteiger partial charge in [-0.2, -0.15) is 0 Å². The lowest BCUT2D eigenvalue weighted by Crippen LogP contribution is -2.34. The molecule has 1 aliphatic heterocycles. The Kier molecular flexibility index (Phi) is 6.70. The van der Waals surface area contributed by atoms with Crippen LogP contribution in [0.2, 0.25) is 0 Å². The summed E-state index contributed by atoms with van der Waals surface area (Å²) in [5, 5.41) is 0. The number of piperidine rings is 1. The average Bonchev–Trinajstić information content (AvgIpc) is 2.83. The van der Waals surface area contributed by atoms with E-state index in [2.05, 4.69) is 14.9 Å². The third-order valence-electron chi connectivity index (χ3n) is 5.75. The molecule has 32 heavy (non-hydrogen) atoms. The number of benzene rings is 1. The zero-order valence-corrected chi connectivity index (χ0v) is 18.6. The third kappa shape index (κ3) is 4.75. The van der Waals surface area contributed by atoms with Gasteiger partial charge >= 0.3 is 0 Å². The summed E-state index contributed by atoms with van der Waals surface area (Å²) in [6, 6.07) is 9.32. The van der Waals surface area contributed by atoms with Crippen molar-refractivity contribution in [2.24, 2.45) is 0 Å². The Morgan fingerprint density at radius 3 is 2.56 bits per heavy atom. The number of hydrogen-bond acceptors (Lipinski definition) is 7. The Hall–Kier alpha value is -3.39. The van der Waals surface area contributed by atoms with Gasteiger partial charge in [0.2, 0.25) is 5.75 Å². The first-order valence-corrected chi connectivity index (χ1v) is 10.6. The van der Waals surface area contributed by atoms with Crippen LogP contribution in [0.5, 0.6) is 17.2 Å². The maximum atomic E-state index is 12.3. The number of aromatic amines is 1. The highest BCUT2D eigenvalue weighted by atomic mass is 16.5. The monoisotopic (exact) mass is 436 g/mol. The predicted molar refractivity (Wildman–Crippen MR) is 121 cm³/mol. The van der Waals surface area contributed by atoms with E-state index in [1.807, 2.05) is 24.3 Å². The van der Waals surface area contributed by atoms with E-state index in [1.165, 1.54) is 0 Å². The fourth-order valence-corrected chi connectivity index (χ4v) is 4.25. The van der Waals surface area contributed by atoms with Gasteiger partial charge < -0.3 is 19.2 Å². The highest BCUT2D eigenvalue weighted by molar-refractivity contribution is 5.54. The Labute approximate surface area is 187 Å². The van der Waals surface area contributed by atoms with Gasteiger partial charge in [0.1, 0.15) is 5.82 Å². The zero-order valence-electron chi connectivity index (χ0n) is 18.6. The van der Waals surface area contributed by atoms with Crippen molar-refractivity contribution in [3.8, 4) is 28.6 Å². The lowest BCUT2D eigenvalue weighted by molar-refractivity contribution is 0.198. The first-order chi connectivity index (χ1) is 15.6. The minimum absolute atomic E-state index is 0.143. The van der Waals surface area contributed by atoms with Crippen molar-refractivity contribution in [3.63, 3.8) is 0 Å². The maximum Gasteiger partial charge on any atom is 0.251 e. The lowest BCUT2D eigenvalue weighted by Gasteiger charge is -2.32. The van der Waals surface area contributed by atoms with Crippen LogP contribution >= 0.6 is 0 Å². The minimum atomic E-state index is -0.143. The topological polar surface area (TPSA) is 89.6 Å².